The molecule has 0 aliphatic carbocycles. The highest BCUT2D eigenvalue weighted by Crippen LogP contribution is 2.36. The number of amides is 2. The number of anilines is 3. The van der Waals surface area contributed by atoms with Gasteiger partial charge in [0.2, 0.25) is 0 Å². The highest BCUT2D eigenvalue weighted by molar-refractivity contribution is 6.31. The molecule has 206 valence electrons. The third kappa shape index (κ3) is 6.67. The first kappa shape index (κ1) is 27.9. The first-order valence-corrected chi connectivity index (χ1v) is 12.1. The Morgan fingerprint density at radius 2 is 1.72 bits per heavy atom. The van der Waals surface area contributed by atoms with Gasteiger partial charge in [0.15, 0.2) is 23.1 Å². The summed E-state index contributed by atoms with van der Waals surface area (Å²) in [4.78, 5) is 35.0. The fourth-order valence-corrected chi connectivity index (χ4v) is 4.02. The SMILES string of the molecule is CCOc1c(C(=O)O)nc(-c2ccc(NC(=O)Nc3ccc(Cl)c(C(F)(F)F)c3)cc2)nc1N1CCOCC1. The number of carboxylic acids is 1. The number of morpholine rings is 1. The number of rotatable bonds is 7. The van der Waals surface area contributed by atoms with Gasteiger partial charge in [0.1, 0.15) is 0 Å². The summed E-state index contributed by atoms with van der Waals surface area (Å²) in [5, 5.41) is 14.2. The second kappa shape index (κ2) is 11.7. The summed E-state index contributed by atoms with van der Waals surface area (Å²) in [5.74, 6) is -0.733. The van der Waals surface area contributed by atoms with E-state index in [0.717, 1.165) is 12.1 Å². The van der Waals surface area contributed by atoms with E-state index < -0.39 is 28.8 Å². The number of alkyl halides is 3. The molecule has 1 saturated heterocycles. The Bertz CT molecular complexity index is 1370. The molecule has 0 radical (unpaired) electrons. The van der Waals surface area contributed by atoms with Crippen LogP contribution in [0.3, 0.4) is 0 Å². The maximum Gasteiger partial charge on any atom is 0.417 e. The number of benzene rings is 2. The van der Waals surface area contributed by atoms with Gasteiger partial charge in [-0.15, -0.1) is 0 Å². The zero-order valence-electron chi connectivity index (χ0n) is 20.5. The quantitative estimate of drug-likeness (QED) is 0.348. The summed E-state index contributed by atoms with van der Waals surface area (Å²) in [7, 11) is 0. The van der Waals surface area contributed by atoms with Crippen molar-refractivity contribution in [3.63, 3.8) is 0 Å². The van der Waals surface area contributed by atoms with Crippen molar-refractivity contribution in [2.75, 3.05) is 48.4 Å². The number of carbonyl (C=O) groups excluding carboxylic acids is 1. The number of hydrogen-bond acceptors (Lipinski definition) is 7. The summed E-state index contributed by atoms with van der Waals surface area (Å²) >= 11 is 5.61. The summed E-state index contributed by atoms with van der Waals surface area (Å²) in [6.07, 6.45) is -4.67. The first-order valence-electron chi connectivity index (χ1n) is 11.7. The van der Waals surface area contributed by atoms with Crippen molar-refractivity contribution in [1.82, 2.24) is 9.97 Å². The van der Waals surface area contributed by atoms with E-state index in [1.54, 1.807) is 19.1 Å². The molecule has 3 N–H and O–H groups in total. The van der Waals surface area contributed by atoms with Crippen molar-refractivity contribution >= 4 is 40.8 Å². The number of hydrogen-bond donors (Lipinski definition) is 3. The van der Waals surface area contributed by atoms with E-state index in [0.29, 0.717) is 43.4 Å². The van der Waals surface area contributed by atoms with Crippen LogP contribution in [0.2, 0.25) is 5.02 Å². The lowest BCUT2D eigenvalue weighted by Crippen LogP contribution is -2.37. The van der Waals surface area contributed by atoms with Gasteiger partial charge in [0.05, 0.1) is 30.4 Å². The smallest absolute Gasteiger partial charge is 0.417 e. The van der Waals surface area contributed by atoms with Crippen LogP contribution in [0, 0.1) is 0 Å². The molecule has 2 amide bonds. The maximum absolute atomic E-state index is 13.1. The molecule has 39 heavy (non-hydrogen) atoms. The van der Waals surface area contributed by atoms with Gasteiger partial charge in [-0.2, -0.15) is 13.2 Å². The fraction of sp³-hybridized carbons (Fsp3) is 0.280. The van der Waals surface area contributed by atoms with Crippen molar-refractivity contribution in [2.45, 2.75) is 13.1 Å². The lowest BCUT2D eigenvalue weighted by molar-refractivity contribution is -0.137. The van der Waals surface area contributed by atoms with Crippen LogP contribution in [0.15, 0.2) is 42.5 Å². The highest BCUT2D eigenvalue weighted by atomic mass is 35.5. The topological polar surface area (TPSA) is 126 Å². The average molecular weight is 566 g/mol. The summed E-state index contributed by atoms with van der Waals surface area (Å²) in [6, 6.07) is 8.43. The molecule has 4 rings (SSSR count). The third-order valence-corrected chi connectivity index (χ3v) is 5.91. The molecule has 2 aromatic carbocycles. The maximum atomic E-state index is 13.1. The van der Waals surface area contributed by atoms with Crippen molar-refractivity contribution in [1.29, 1.82) is 0 Å². The highest BCUT2D eigenvalue weighted by Gasteiger charge is 2.33. The summed E-state index contributed by atoms with van der Waals surface area (Å²) in [5.41, 5.74) is -0.668. The lowest BCUT2D eigenvalue weighted by atomic mass is 10.1. The second-order valence-electron chi connectivity index (χ2n) is 8.23. The Balaban J connectivity index is 1.55. The van der Waals surface area contributed by atoms with Gasteiger partial charge in [0.25, 0.3) is 0 Å². The van der Waals surface area contributed by atoms with E-state index in [-0.39, 0.29) is 29.6 Å². The van der Waals surface area contributed by atoms with Gasteiger partial charge in [-0.05, 0) is 49.4 Å². The number of ether oxygens (including phenoxy) is 2. The fourth-order valence-electron chi connectivity index (χ4n) is 3.80. The number of nitrogens with zero attached hydrogens (tertiary/aromatic N) is 3. The number of urea groups is 1. The zero-order chi connectivity index (χ0) is 28.2. The molecule has 1 aromatic heterocycles. The zero-order valence-corrected chi connectivity index (χ0v) is 21.3. The van der Waals surface area contributed by atoms with Crippen LogP contribution in [0.25, 0.3) is 11.4 Å². The Morgan fingerprint density at radius 1 is 1.08 bits per heavy atom. The number of carbonyl (C=O) groups is 2. The van der Waals surface area contributed by atoms with Crippen molar-refractivity contribution in [3.8, 4) is 17.1 Å². The van der Waals surface area contributed by atoms with Gasteiger partial charge >= 0.3 is 18.2 Å². The molecule has 0 atom stereocenters. The summed E-state index contributed by atoms with van der Waals surface area (Å²) in [6.45, 7) is 3.83. The van der Waals surface area contributed by atoms with Gasteiger partial charge in [-0.1, -0.05) is 11.6 Å². The molecule has 0 bridgehead atoms. The first-order chi connectivity index (χ1) is 18.6. The van der Waals surface area contributed by atoms with Crippen LogP contribution in [0.1, 0.15) is 23.0 Å². The number of aromatic nitrogens is 2. The van der Waals surface area contributed by atoms with E-state index in [4.69, 9.17) is 21.1 Å². The molecule has 10 nitrogen and oxygen atoms in total. The molecule has 14 heteroatoms. The standard InChI is InChI=1S/C25H23ClF3N5O5/c1-2-39-20-19(23(35)36)32-21(33-22(20)34-9-11-38-12-10-34)14-3-5-15(6-4-14)30-24(37)31-16-7-8-18(26)17(13-16)25(27,28)29/h3-8,13H,2,9-12H2,1H3,(H,35,36)(H2,30,31,37). The molecule has 0 saturated carbocycles. The van der Waals surface area contributed by atoms with E-state index >= 15 is 0 Å². The minimum absolute atomic E-state index is 0.0708. The Labute approximate surface area is 225 Å². The van der Waals surface area contributed by atoms with Gasteiger partial charge in [-0.3, -0.25) is 0 Å². The number of carboxylic acid groups (broad SMARTS) is 1. The van der Waals surface area contributed by atoms with Gasteiger partial charge in [-0.25, -0.2) is 19.6 Å². The van der Waals surface area contributed by atoms with Crippen LogP contribution >= 0.6 is 11.6 Å². The molecule has 0 unspecified atom stereocenters. The van der Waals surface area contributed by atoms with Gasteiger partial charge < -0.3 is 30.1 Å². The lowest BCUT2D eigenvalue weighted by Gasteiger charge is -2.29. The molecule has 1 aliphatic heterocycles. The van der Waals surface area contributed by atoms with E-state index in [1.165, 1.54) is 18.2 Å². The minimum atomic E-state index is -4.67. The largest absolute Gasteiger partial charge is 0.488 e. The predicted octanol–water partition coefficient (Wildman–Crippen LogP) is 5.39. The normalized spacial score (nSPS) is 13.6. The number of halogens is 4. The molecule has 1 fully saturated rings. The van der Waals surface area contributed by atoms with E-state index in [2.05, 4.69) is 20.6 Å². The van der Waals surface area contributed by atoms with Crippen molar-refractivity contribution < 1.29 is 37.3 Å². The average Bonchev–Trinajstić information content (AvgIpc) is 2.90. The van der Waals surface area contributed by atoms with E-state index in [1.807, 2.05) is 4.90 Å². The van der Waals surface area contributed by atoms with Gasteiger partial charge in [0, 0.05) is 30.0 Å². The van der Waals surface area contributed by atoms with Crippen LogP contribution < -0.4 is 20.3 Å². The molecular weight excluding hydrogens is 543 g/mol. The third-order valence-electron chi connectivity index (χ3n) is 5.58. The Kier molecular flexibility index (Phi) is 8.41. The van der Waals surface area contributed by atoms with Crippen LogP contribution in [0.4, 0.5) is 35.2 Å². The van der Waals surface area contributed by atoms with Crippen LogP contribution in [-0.4, -0.2) is 60.0 Å². The summed E-state index contributed by atoms with van der Waals surface area (Å²) < 4.78 is 50.2. The second-order valence-corrected chi connectivity index (χ2v) is 8.64. The molecular formula is C25H23ClF3N5O5. The Morgan fingerprint density at radius 3 is 2.33 bits per heavy atom. The van der Waals surface area contributed by atoms with Crippen molar-refractivity contribution in [2.24, 2.45) is 0 Å². The molecule has 2 heterocycles. The van der Waals surface area contributed by atoms with E-state index in [9.17, 15) is 27.9 Å². The number of nitrogens with one attached hydrogen (secondary N) is 2. The minimum Gasteiger partial charge on any atom is -0.488 e. The van der Waals surface area contributed by atoms with Crippen LogP contribution in [-0.2, 0) is 10.9 Å². The Hall–Kier alpha value is -4.10. The molecule has 1 aliphatic rings. The molecule has 3 aromatic rings. The van der Waals surface area contributed by atoms with Crippen molar-refractivity contribution in [3.05, 3.63) is 58.7 Å². The number of aromatic carboxylic acids is 1. The predicted molar refractivity (Wildman–Crippen MR) is 138 cm³/mol. The van der Waals surface area contributed by atoms with Crippen LogP contribution in [0.5, 0.6) is 5.75 Å². The molecule has 0 spiro atoms. The monoisotopic (exact) mass is 565 g/mol.